The Kier molecular flexibility index (Phi) is 3.72. The third-order valence-electron chi connectivity index (χ3n) is 3.23. The summed E-state index contributed by atoms with van der Waals surface area (Å²) in [6, 6.07) is 3.48. The predicted molar refractivity (Wildman–Crippen MR) is 71.2 cm³/mol. The number of hydrogen-bond acceptors (Lipinski definition) is 5. The molecule has 1 amide bonds. The first-order chi connectivity index (χ1) is 10.2. The fraction of sp³-hybridized carbons (Fsp3) is 0.286. The van der Waals surface area contributed by atoms with Crippen molar-refractivity contribution in [2.75, 3.05) is 13.1 Å². The normalized spacial score (nSPS) is 17.8. The second-order valence-electron chi connectivity index (χ2n) is 4.70. The van der Waals surface area contributed by atoms with Gasteiger partial charge in [0.25, 0.3) is 5.91 Å². The van der Waals surface area contributed by atoms with Gasteiger partial charge in [-0.15, -0.1) is 0 Å². The summed E-state index contributed by atoms with van der Waals surface area (Å²) >= 11 is 0. The van der Waals surface area contributed by atoms with Gasteiger partial charge in [0, 0.05) is 30.9 Å². The Morgan fingerprint density at radius 2 is 2.00 bits per heavy atom. The Hall–Kier alpha value is -2.57. The Bertz CT molecular complexity index is 621. The number of aromatic nitrogens is 3. The molecule has 7 heteroatoms. The molecule has 0 radical (unpaired) electrons. The lowest BCUT2D eigenvalue weighted by Crippen LogP contribution is -2.31. The van der Waals surface area contributed by atoms with Gasteiger partial charge in [-0.3, -0.25) is 9.78 Å². The zero-order chi connectivity index (χ0) is 14.7. The number of carbonyl (C=O) groups is 1. The molecule has 0 saturated carbocycles. The molecule has 1 atom stereocenters. The van der Waals surface area contributed by atoms with Gasteiger partial charge in [-0.2, -0.15) is 0 Å². The highest BCUT2D eigenvalue weighted by atomic mass is 19.1. The number of hydrogen-bond donors (Lipinski definition) is 0. The predicted octanol–water partition coefficient (Wildman–Crippen LogP) is 1.30. The molecule has 0 bridgehead atoms. The van der Waals surface area contributed by atoms with Crippen molar-refractivity contribution in [3.63, 3.8) is 0 Å². The number of likely N-dealkylation sites (tertiary alicyclic amines) is 1. The van der Waals surface area contributed by atoms with Gasteiger partial charge in [0.05, 0.1) is 18.9 Å². The first-order valence-corrected chi connectivity index (χ1v) is 6.56. The van der Waals surface area contributed by atoms with Crippen molar-refractivity contribution in [2.45, 2.75) is 12.5 Å². The van der Waals surface area contributed by atoms with Crippen LogP contribution < -0.4 is 4.74 Å². The molecular weight excluding hydrogens is 275 g/mol. The molecule has 0 unspecified atom stereocenters. The molecule has 0 N–H and O–H groups in total. The molecule has 1 aliphatic rings. The van der Waals surface area contributed by atoms with Crippen LogP contribution in [0, 0.1) is 5.82 Å². The Labute approximate surface area is 120 Å². The topological polar surface area (TPSA) is 68.2 Å². The molecule has 1 fully saturated rings. The first kappa shape index (κ1) is 13.4. The second kappa shape index (κ2) is 5.82. The first-order valence-electron chi connectivity index (χ1n) is 6.56. The molecule has 1 saturated heterocycles. The minimum Gasteiger partial charge on any atom is -0.458 e. The monoisotopic (exact) mass is 288 g/mol. The van der Waals surface area contributed by atoms with Crippen molar-refractivity contribution in [1.29, 1.82) is 0 Å². The van der Waals surface area contributed by atoms with Crippen molar-refractivity contribution in [1.82, 2.24) is 19.9 Å². The second-order valence-corrected chi connectivity index (χ2v) is 4.70. The molecule has 3 rings (SSSR count). The van der Waals surface area contributed by atoms with Crippen LogP contribution >= 0.6 is 0 Å². The highest BCUT2D eigenvalue weighted by Crippen LogP contribution is 2.17. The van der Waals surface area contributed by atoms with Gasteiger partial charge < -0.3 is 9.64 Å². The van der Waals surface area contributed by atoms with Gasteiger partial charge in [0.2, 0.25) is 0 Å². The minimum absolute atomic E-state index is 0.0523. The number of rotatable bonds is 3. The summed E-state index contributed by atoms with van der Waals surface area (Å²) in [6.45, 7) is 1.06. The van der Waals surface area contributed by atoms with Crippen LogP contribution in [0.5, 0.6) is 6.01 Å². The van der Waals surface area contributed by atoms with E-state index in [1.54, 1.807) is 29.4 Å². The van der Waals surface area contributed by atoms with E-state index in [1.807, 2.05) is 0 Å². The van der Waals surface area contributed by atoms with E-state index in [0.717, 1.165) is 12.4 Å². The minimum atomic E-state index is -0.511. The zero-order valence-electron chi connectivity index (χ0n) is 11.1. The Balaban J connectivity index is 1.60. The summed E-state index contributed by atoms with van der Waals surface area (Å²) < 4.78 is 18.3. The molecule has 2 aromatic rings. The van der Waals surface area contributed by atoms with Crippen molar-refractivity contribution >= 4 is 5.91 Å². The average molecular weight is 288 g/mol. The van der Waals surface area contributed by atoms with Gasteiger partial charge in [0.15, 0.2) is 5.82 Å². The summed E-state index contributed by atoms with van der Waals surface area (Å²) in [6.07, 6.45) is 5.79. The van der Waals surface area contributed by atoms with Crippen LogP contribution in [0.2, 0.25) is 0 Å². The maximum atomic E-state index is 12.7. The van der Waals surface area contributed by atoms with Gasteiger partial charge in [-0.25, -0.2) is 14.4 Å². The summed E-state index contributed by atoms with van der Waals surface area (Å²) in [5, 5.41) is 0. The van der Waals surface area contributed by atoms with Crippen LogP contribution in [0.1, 0.15) is 16.8 Å². The number of halogens is 1. The molecule has 0 spiro atoms. The molecule has 3 heterocycles. The van der Waals surface area contributed by atoms with Gasteiger partial charge in [-0.05, 0) is 12.1 Å². The quantitative estimate of drug-likeness (QED) is 0.851. The Morgan fingerprint density at radius 1 is 1.29 bits per heavy atom. The molecular formula is C14H13FN4O2. The third-order valence-corrected chi connectivity index (χ3v) is 3.23. The Morgan fingerprint density at radius 3 is 2.71 bits per heavy atom. The van der Waals surface area contributed by atoms with Crippen molar-refractivity contribution in [3.8, 4) is 6.01 Å². The molecule has 0 aliphatic carbocycles. The summed E-state index contributed by atoms with van der Waals surface area (Å²) in [7, 11) is 0. The van der Waals surface area contributed by atoms with E-state index in [2.05, 4.69) is 15.0 Å². The van der Waals surface area contributed by atoms with Crippen molar-refractivity contribution in [3.05, 3.63) is 48.3 Å². The van der Waals surface area contributed by atoms with E-state index in [0.29, 0.717) is 25.1 Å². The van der Waals surface area contributed by atoms with E-state index in [9.17, 15) is 9.18 Å². The summed E-state index contributed by atoms with van der Waals surface area (Å²) in [5.41, 5.74) is 0.601. The van der Waals surface area contributed by atoms with Crippen LogP contribution in [-0.4, -0.2) is 45.0 Å². The van der Waals surface area contributed by atoms with Crippen LogP contribution in [0.25, 0.3) is 0 Å². The zero-order valence-corrected chi connectivity index (χ0v) is 11.1. The van der Waals surface area contributed by atoms with Crippen LogP contribution in [0.3, 0.4) is 0 Å². The number of amides is 1. The smallest absolute Gasteiger partial charge is 0.316 e. The molecule has 1 aliphatic heterocycles. The molecule has 0 aromatic carbocycles. The lowest BCUT2D eigenvalue weighted by molar-refractivity contribution is 0.0769. The molecule has 6 nitrogen and oxygen atoms in total. The highest BCUT2D eigenvalue weighted by molar-refractivity contribution is 5.94. The third kappa shape index (κ3) is 3.13. The van der Waals surface area contributed by atoms with Crippen molar-refractivity contribution in [2.24, 2.45) is 0 Å². The fourth-order valence-corrected chi connectivity index (χ4v) is 2.20. The standard InChI is InChI=1S/C14H13FN4O2/c15-11-7-17-14(18-8-11)21-12-3-6-19(9-12)13(20)10-1-4-16-5-2-10/h1-2,4-5,7-8,12H,3,6,9H2/t12-/m0/s1. The maximum Gasteiger partial charge on any atom is 0.316 e. The number of ether oxygens (including phenoxy) is 1. The maximum absolute atomic E-state index is 12.7. The SMILES string of the molecule is O=C(c1ccncc1)N1CC[C@H](Oc2ncc(F)cn2)C1. The lowest BCUT2D eigenvalue weighted by atomic mass is 10.2. The average Bonchev–Trinajstić information content (AvgIpc) is 2.98. The van der Waals surface area contributed by atoms with E-state index in [4.69, 9.17) is 4.74 Å². The van der Waals surface area contributed by atoms with Crippen LogP contribution in [0.4, 0.5) is 4.39 Å². The van der Waals surface area contributed by atoms with E-state index < -0.39 is 5.82 Å². The van der Waals surface area contributed by atoms with Gasteiger partial charge >= 0.3 is 6.01 Å². The fourth-order valence-electron chi connectivity index (χ4n) is 2.20. The summed E-state index contributed by atoms with van der Waals surface area (Å²) in [5.74, 6) is -0.563. The summed E-state index contributed by atoms with van der Waals surface area (Å²) in [4.78, 5) is 25.4. The lowest BCUT2D eigenvalue weighted by Gasteiger charge is -2.16. The van der Waals surface area contributed by atoms with E-state index in [-0.39, 0.29) is 18.0 Å². The molecule has 2 aromatic heterocycles. The largest absolute Gasteiger partial charge is 0.458 e. The van der Waals surface area contributed by atoms with Gasteiger partial charge in [-0.1, -0.05) is 0 Å². The number of nitrogens with zero attached hydrogens (tertiary/aromatic N) is 4. The van der Waals surface area contributed by atoms with Gasteiger partial charge in [0.1, 0.15) is 6.10 Å². The highest BCUT2D eigenvalue weighted by Gasteiger charge is 2.28. The van der Waals surface area contributed by atoms with Crippen LogP contribution in [0.15, 0.2) is 36.9 Å². The van der Waals surface area contributed by atoms with E-state index >= 15 is 0 Å². The molecule has 21 heavy (non-hydrogen) atoms. The number of pyridine rings is 1. The van der Waals surface area contributed by atoms with Crippen LogP contribution in [-0.2, 0) is 0 Å². The molecule has 108 valence electrons. The number of carbonyl (C=O) groups excluding carboxylic acids is 1. The van der Waals surface area contributed by atoms with Crippen molar-refractivity contribution < 1.29 is 13.9 Å². The van der Waals surface area contributed by atoms with E-state index in [1.165, 1.54) is 0 Å².